The number of hydrogen-bond acceptors (Lipinski definition) is 4. The first-order chi connectivity index (χ1) is 13.1. The number of aromatic nitrogens is 1. The molecule has 0 fully saturated rings. The normalized spacial score (nSPS) is 17.4. The zero-order valence-corrected chi connectivity index (χ0v) is 17.3. The lowest BCUT2D eigenvalue weighted by Crippen LogP contribution is -2.32. The Kier molecular flexibility index (Phi) is 5.50. The summed E-state index contributed by atoms with van der Waals surface area (Å²) < 4.78 is 0. The minimum absolute atomic E-state index is 0.0740. The number of pyridine rings is 1. The summed E-state index contributed by atoms with van der Waals surface area (Å²) in [5, 5.41) is 11.3. The molecule has 1 aromatic carbocycles. The van der Waals surface area contributed by atoms with E-state index in [9.17, 15) is 14.7 Å². The molecule has 0 saturated heterocycles. The van der Waals surface area contributed by atoms with E-state index in [4.69, 9.17) is 23.2 Å². The maximum absolute atomic E-state index is 13.1. The van der Waals surface area contributed by atoms with Gasteiger partial charge < -0.3 is 10.0 Å². The van der Waals surface area contributed by atoms with E-state index in [1.54, 1.807) is 63.5 Å². The fraction of sp³-hybridized carbons (Fsp3) is 0.286. The number of ketones is 1. The van der Waals surface area contributed by atoms with Gasteiger partial charge in [0.05, 0.1) is 21.7 Å². The highest BCUT2D eigenvalue weighted by Crippen LogP contribution is 2.42. The summed E-state index contributed by atoms with van der Waals surface area (Å²) >= 11 is 12.2. The van der Waals surface area contributed by atoms with E-state index in [-0.39, 0.29) is 17.9 Å². The van der Waals surface area contributed by atoms with Crippen molar-refractivity contribution in [3.63, 3.8) is 0 Å². The quantitative estimate of drug-likeness (QED) is 0.766. The molecule has 1 aromatic heterocycles. The first-order valence-corrected chi connectivity index (χ1v) is 9.49. The molecule has 1 atom stereocenters. The summed E-state index contributed by atoms with van der Waals surface area (Å²) in [4.78, 5) is 31.4. The maximum atomic E-state index is 13.1. The number of aliphatic hydroxyl groups excluding tert-OH is 1. The standard InChI is InChI=1S/C21H20Cl2N2O3/c1-21(2,3)19(27)16-17(13-4-5-14(22)15(23)10-13)25(20(28)18(16)26)11-12-6-8-24-9-7-12/h4-10,17,26H,11H2,1-3H3. The van der Waals surface area contributed by atoms with Gasteiger partial charge in [-0.15, -0.1) is 0 Å². The van der Waals surface area contributed by atoms with Gasteiger partial charge in [-0.1, -0.05) is 50.0 Å². The Morgan fingerprint density at radius 3 is 2.36 bits per heavy atom. The van der Waals surface area contributed by atoms with E-state index in [1.807, 2.05) is 0 Å². The fourth-order valence-corrected chi connectivity index (χ4v) is 3.47. The first-order valence-electron chi connectivity index (χ1n) is 8.74. The van der Waals surface area contributed by atoms with Gasteiger partial charge in [0.25, 0.3) is 5.91 Å². The van der Waals surface area contributed by atoms with E-state index >= 15 is 0 Å². The molecular formula is C21H20Cl2N2O3. The Morgan fingerprint density at radius 1 is 1.14 bits per heavy atom. The number of halogens is 2. The molecule has 2 aromatic rings. The van der Waals surface area contributed by atoms with Gasteiger partial charge in [0, 0.05) is 24.4 Å². The Balaban J connectivity index is 2.13. The molecule has 1 unspecified atom stereocenters. The van der Waals surface area contributed by atoms with Gasteiger partial charge >= 0.3 is 0 Å². The molecule has 1 aliphatic rings. The van der Waals surface area contributed by atoms with Gasteiger partial charge in [-0.2, -0.15) is 0 Å². The molecule has 1 N–H and O–H groups in total. The van der Waals surface area contributed by atoms with Crippen LogP contribution in [0.2, 0.25) is 10.0 Å². The van der Waals surface area contributed by atoms with Crippen molar-refractivity contribution in [2.75, 3.05) is 0 Å². The average Bonchev–Trinajstić information content (AvgIpc) is 2.88. The number of carbonyl (C=O) groups excluding carboxylic acids is 2. The molecule has 5 nitrogen and oxygen atoms in total. The van der Waals surface area contributed by atoms with Gasteiger partial charge in [0.2, 0.25) is 0 Å². The minimum Gasteiger partial charge on any atom is -0.503 e. The third-order valence-corrected chi connectivity index (χ3v) is 5.33. The summed E-state index contributed by atoms with van der Waals surface area (Å²) in [5.41, 5.74) is 0.731. The predicted molar refractivity (Wildman–Crippen MR) is 108 cm³/mol. The van der Waals surface area contributed by atoms with E-state index in [0.717, 1.165) is 5.56 Å². The van der Waals surface area contributed by atoms with Crippen LogP contribution in [0.15, 0.2) is 54.1 Å². The fourth-order valence-electron chi connectivity index (χ4n) is 3.17. The topological polar surface area (TPSA) is 70.5 Å². The van der Waals surface area contributed by atoms with Gasteiger partial charge in [-0.3, -0.25) is 14.6 Å². The Labute approximate surface area is 173 Å². The van der Waals surface area contributed by atoms with Crippen molar-refractivity contribution in [1.82, 2.24) is 9.88 Å². The highest BCUT2D eigenvalue weighted by molar-refractivity contribution is 6.42. The molecule has 146 valence electrons. The second-order valence-electron chi connectivity index (χ2n) is 7.71. The number of carbonyl (C=O) groups is 2. The summed E-state index contributed by atoms with van der Waals surface area (Å²) in [6, 6.07) is 7.74. The summed E-state index contributed by atoms with van der Waals surface area (Å²) in [5.74, 6) is -1.42. The highest BCUT2D eigenvalue weighted by atomic mass is 35.5. The smallest absolute Gasteiger partial charge is 0.290 e. The molecule has 0 aliphatic carbocycles. The minimum atomic E-state index is -0.773. The predicted octanol–water partition coefficient (Wildman–Crippen LogP) is 4.90. The van der Waals surface area contributed by atoms with Crippen molar-refractivity contribution in [2.24, 2.45) is 5.41 Å². The molecular weight excluding hydrogens is 399 g/mol. The highest BCUT2D eigenvalue weighted by Gasteiger charge is 2.46. The van der Waals surface area contributed by atoms with Crippen LogP contribution in [-0.4, -0.2) is 26.7 Å². The van der Waals surface area contributed by atoms with Gasteiger partial charge in [0.15, 0.2) is 11.5 Å². The molecule has 2 heterocycles. The number of rotatable bonds is 4. The molecule has 1 amide bonds. The third-order valence-electron chi connectivity index (χ3n) is 4.59. The Hall–Kier alpha value is -2.37. The lowest BCUT2D eigenvalue weighted by atomic mass is 9.82. The van der Waals surface area contributed by atoms with Gasteiger partial charge in [-0.25, -0.2) is 0 Å². The van der Waals surface area contributed by atoms with Gasteiger partial charge in [0.1, 0.15) is 0 Å². The van der Waals surface area contributed by atoms with Crippen LogP contribution in [0.4, 0.5) is 0 Å². The van der Waals surface area contributed by atoms with E-state index < -0.39 is 23.1 Å². The third kappa shape index (κ3) is 3.77. The number of aliphatic hydroxyl groups is 1. The van der Waals surface area contributed by atoms with Crippen molar-refractivity contribution in [2.45, 2.75) is 33.4 Å². The molecule has 0 radical (unpaired) electrons. The number of benzene rings is 1. The van der Waals surface area contributed by atoms with Crippen LogP contribution in [-0.2, 0) is 16.1 Å². The van der Waals surface area contributed by atoms with Crippen molar-refractivity contribution in [3.05, 3.63) is 75.2 Å². The molecule has 3 rings (SSSR count). The molecule has 1 aliphatic heterocycles. The summed E-state index contributed by atoms with van der Waals surface area (Å²) in [7, 11) is 0. The van der Waals surface area contributed by atoms with Crippen LogP contribution < -0.4 is 0 Å². The van der Waals surface area contributed by atoms with Crippen LogP contribution in [0.25, 0.3) is 0 Å². The zero-order valence-electron chi connectivity index (χ0n) is 15.7. The number of Topliss-reactive ketones (excluding diaryl/α,β-unsaturated/α-hetero) is 1. The lowest BCUT2D eigenvalue weighted by Gasteiger charge is -2.29. The van der Waals surface area contributed by atoms with E-state index in [2.05, 4.69) is 4.98 Å². The largest absolute Gasteiger partial charge is 0.503 e. The monoisotopic (exact) mass is 418 g/mol. The number of amides is 1. The second-order valence-corrected chi connectivity index (χ2v) is 8.52. The SMILES string of the molecule is CC(C)(C)C(=O)C1=C(O)C(=O)N(Cc2ccncc2)C1c1ccc(Cl)c(Cl)c1. The van der Waals surface area contributed by atoms with Crippen molar-refractivity contribution >= 4 is 34.9 Å². The lowest BCUT2D eigenvalue weighted by molar-refractivity contribution is -0.130. The van der Waals surface area contributed by atoms with Gasteiger partial charge in [-0.05, 0) is 35.4 Å². The Morgan fingerprint density at radius 2 is 1.79 bits per heavy atom. The van der Waals surface area contributed by atoms with Crippen molar-refractivity contribution in [3.8, 4) is 0 Å². The van der Waals surface area contributed by atoms with Crippen molar-refractivity contribution in [1.29, 1.82) is 0 Å². The Bertz CT molecular complexity index is 965. The first kappa shape index (κ1) is 20.4. The second kappa shape index (κ2) is 7.57. The molecule has 0 spiro atoms. The molecule has 0 saturated carbocycles. The molecule has 7 heteroatoms. The average molecular weight is 419 g/mol. The number of nitrogens with zero attached hydrogens (tertiary/aromatic N) is 2. The maximum Gasteiger partial charge on any atom is 0.290 e. The summed E-state index contributed by atoms with van der Waals surface area (Å²) in [6.45, 7) is 5.45. The van der Waals surface area contributed by atoms with Crippen LogP contribution in [0.5, 0.6) is 0 Å². The molecule has 28 heavy (non-hydrogen) atoms. The van der Waals surface area contributed by atoms with Crippen LogP contribution in [0.1, 0.15) is 37.9 Å². The zero-order chi connectivity index (χ0) is 20.6. The molecule has 0 bridgehead atoms. The van der Waals surface area contributed by atoms with Crippen LogP contribution >= 0.6 is 23.2 Å². The van der Waals surface area contributed by atoms with Crippen LogP contribution in [0.3, 0.4) is 0 Å². The van der Waals surface area contributed by atoms with E-state index in [1.165, 1.54) is 4.90 Å². The van der Waals surface area contributed by atoms with Crippen molar-refractivity contribution < 1.29 is 14.7 Å². The number of hydrogen-bond donors (Lipinski definition) is 1. The summed E-state index contributed by atoms with van der Waals surface area (Å²) in [6.07, 6.45) is 3.25. The van der Waals surface area contributed by atoms with Crippen LogP contribution in [0, 0.1) is 5.41 Å². The van der Waals surface area contributed by atoms with E-state index in [0.29, 0.717) is 15.6 Å².